The molecule has 1 unspecified atom stereocenters. The number of rotatable bonds is 11. The van der Waals surface area contributed by atoms with Crippen LogP contribution in [0.15, 0.2) is 73.3 Å². The van der Waals surface area contributed by atoms with Crippen LogP contribution in [0.2, 0.25) is 0 Å². The van der Waals surface area contributed by atoms with E-state index < -0.39 is 35.3 Å². The van der Waals surface area contributed by atoms with E-state index in [4.69, 9.17) is 16.2 Å². The van der Waals surface area contributed by atoms with Crippen molar-refractivity contribution in [3.05, 3.63) is 96.1 Å². The Morgan fingerprint density at radius 2 is 1.32 bits per heavy atom. The number of H-pyrrole nitrogens is 1. The lowest BCUT2D eigenvalue weighted by molar-refractivity contribution is -0.144. The van der Waals surface area contributed by atoms with Crippen molar-refractivity contribution in [3.63, 3.8) is 0 Å². The SMILES string of the molecule is CC(C)CN(Cc1ccccc1F)C(=O)C(=O)Nc1cnc(N)c2cn(C3CCCCO3)nc12.CC(C)CN(Cc1ccccc1F)C(=O)C(=O)Nc1cnc(N)c2cn[nH]c12. The third kappa shape index (κ3) is 10.8. The standard InChI is InChI=1S/C24H29FN6O3.C19H21FN6O2/c1-15(2)12-30(13-16-7-3-4-8-18(16)25)24(33)23(32)28-19-11-27-22(26)17-14-31(29-21(17)19)20-9-5-6-10-34-20;1-11(2)9-26(10-12-5-3-4-6-14(12)20)19(28)18(27)24-15-8-22-17(21)13-7-23-25-16(13)15/h3-4,7-8,11,14-15,20H,5-6,9-10,12-13H2,1-2H3,(H2,26,27)(H,28,32);3-8,11H,9-10H2,1-2H3,(H2,21,22)(H,23,25)(H,24,27). The van der Waals surface area contributed by atoms with Gasteiger partial charge in [-0.3, -0.25) is 24.3 Å². The van der Waals surface area contributed by atoms with Gasteiger partial charge in [0.2, 0.25) is 0 Å². The van der Waals surface area contributed by atoms with Gasteiger partial charge in [0.15, 0.2) is 0 Å². The van der Waals surface area contributed by atoms with E-state index in [1.165, 1.54) is 40.5 Å². The number of anilines is 4. The number of carbonyl (C=O) groups is 4. The summed E-state index contributed by atoms with van der Waals surface area (Å²) in [5.41, 5.74) is 13.9. The zero-order valence-corrected chi connectivity index (χ0v) is 34.9. The molecule has 19 heteroatoms. The van der Waals surface area contributed by atoms with Crippen LogP contribution in [0, 0.1) is 23.5 Å². The predicted molar refractivity (Wildman–Crippen MR) is 230 cm³/mol. The molecule has 6 aromatic rings. The zero-order valence-electron chi connectivity index (χ0n) is 34.9. The Morgan fingerprint density at radius 3 is 1.85 bits per heavy atom. The van der Waals surface area contributed by atoms with Gasteiger partial charge in [0.05, 0.1) is 46.3 Å². The molecule has 4 amide bonds. The number of carbonyl (C=O) groups excluding carboxylic acids is 4. The maximum atomic E-state index is 14.2. The van der Waals surface area contributed by atoms with E-state index in [9.17, 15) is 28.0 Å². The van der Waals surface area contributed by atoms with Gasteiger partial charge in [-0.25, -0.2) is 23.4 Å². The normalized spacial score (nSPS) is 13.8. The lowest BCUT2D eigenvalue weighted by atomic mass is 10.1. The number of benzene rings is 2. The minimum Gasteiger partial charge on any atom is -0.383 e. The van der Waals surface area contributed by atoms with Crippen LogP contribution < -0.4 is 22.1 Å². The van der Waals surface area contributed by atoms with E-state index in [1.54, 1.807) is 47.3 Å². The molecule has 4 aromatic heterocycles. The molecule has 1 aliphatic heterocycles. The van der Waals surface area contributed by atoms with Gasteiger partial charge >= 0.3 is 23.6 Å². The van der Waals surface area contributed by atoms with Crippen LogP contribution in [-0.4, -0.2) is 83.1 Å². The lowest BCUT2D eigenvalue weighted by Crippen LogP contribution is -2.41. The summed E-state index contributed by atoms with van der Waals surface area (Å²) < 4.78 is 35.7. The van der Waals surface area contributed by atoms with Crippen molar-refractivity contribution in [2.75, 3.05) is 41.8 Å². The molecule has 0 bridgehead atoms. The van der Waals surface area contributed by atoms with E-state index in [-0.39, 0.29) is 54.2 Å². The van der Waals surface area contributed by atoms with Crippen LogP contribution >= 0.6 is 0 Å². The second-order valence-electron chi connectivity index (χ2n) is 15.7. The first-order chi connectivity index (χ1) is 29.7. The first-order valence-electron chi connectivity index (χ1n) is 20.2. The number of nitrogens with two attached hydrogens (primary N) is 2. The highest BCUT2D eigenvalue weighted by molar-refractivity contribution is 6.40. The number of nitrogen functional groups attached to an aromatic ring is 2. The molecule has 5 heterocycles. The maximum Gasteiger partial charge on any atom is 0.314 e. The number of nitrogens with one attached hydrogen (secondary N) is 3. The van der Waals surface area contributed by atoms with Gasteiger partial charge in [-0.1, -0.05) is 64.1 Å². The Kier molecular flexibility index (Phi) is 14.4. The van der Waals surface area contributed by atoms with Crippen LogP contribution in [0.1, 0.15) is 64.3 Å². The van der Waals surface area contributed by atoms with Crippen LogP contribution in [0.4, 0.5) is 31.8 Å². The predicted octanol–water partition coefficient (Wildman–Crippen LogP) is 5.78. The highest BCUT2D eigenvalue weighted by atomic mass is 19.1. The van der Waals surface area contributed by atoms with E-state index >= 15 is 0 Å². The minimum absolute atomic E-state index is 0.00341. The fourth-order valence-corrected chi connectivity index (χ4v) is 6.89. The highest BCUT2D eigenvalue weighted by Gasteiger charge is 2.27. The zero-order chi connectivity index (χ0) is 44.5. The van der Waals surface area contributed by atoms with Crippen molar-refractivity contribution in [2.24, 2.45) is 11.8 Å². The smallest absolute Gasteiger partial charge is 0.314 e. The van der Waals surface area contributed by atoms with Crippen LogP contribution in [-0.2, 0) is 37.0 Å². The minimum atomic E-state index is -0.853. The second kappa shape index (κ2) is 20.0. The molecule has 2 aromatic carbocycles. The maximum absolute atomic E-state index is 14.2. The molecule has 1 fully saturated rings. The number of hydrogen-bond acceptors (Lipinski definition) is 11. The summed E-state index contributed by atoms with van der Waals surface area (Å²) in [5.74, 6) is -3.38. The Balaban J connectivity index is 0.000000211. The topological polar surface area (TPSA) is 232 Å². The summed E-state index contributed by atoms with van der Waals surface area (Å²) in [6.45, 7) is 8.91. The summed E-state index contributed by atoms with van der Waals surface area (Å²) in [7, 11) is 0. The summed E-state index contributed by atoms with van der Waals surface area (Å²) in [4.78, 5) is 62.1. The number of amides is 4. The molecule has 0 radical (unpaired) electrons. The van der Waals surface area contributed by atoms with Gasteiger partial charge in [-0.15, -0.1) is 0 Å². The molecule has 0 saturated carbocycles. The van der Waals surface area contributed by atoms with Crippen molar-refractivity contribution >= 4 is 68.4 Å². The number of halogens is 2. The van der Waals surface area contributed by atoms with Crippen LogP contribution in [0.3, 0.4) is 0 Å². The van der Waals surface area contributed by atoms with Gasteiger partial charge in [0.1, 0.15) is 35.0 Å². The molecule has 326 valence electrons. The Labute approximate surface area is 356 Å². The molecular formula is C43H50F2N12O5. The van der Waals surface area contributed by atoms with Crippen LogP contribution in [0.25, 0.3) is 21.8 Å². The molecule has 0 aliphatic carbocycles. The monoisotopic (exact) mass is 852 g/mol. The molecule has 1 aliphatic rings. The average molecular weight is 853 g/mol. The number of nitrogens with zero attached hydrogens (tertiary/aromatic N) is 7. The summed E-state index contributed by atoms with van der Waals surface area (Å²) in [5, 5.41) is 17.4. The third-order valence-electron chi connectivity index (χ3n) is 9.83. The van der Waals surface area contributed by atoms with Crippen molar-refractivity contribution in [1.29, 1.82) is 0 Å². The number of hydrogen-bond donors (Lipinski definition) is 5. The van der Waals surface area contributed by atoms with E-state index in [0.29, 0.717) is 52.6 Å². The number of aromatic amines is 1. The number of ether oxygens (including phenoxy) is 1. The molecule has 1 saturated heterocycles. The molecule has 17 nitrogen and oxygen atoms in total. The first-order valence-corrected chi connectivity index (χ1v) is 20.2. The Bertz CT molecular complexity index is 2550. The highest BCUT2D eigenvalue weighted by Crippen LogP contribution is 2.30. The van der Waals surface area contributed by atoms with Gasteiger partial charge in [-0.05, 0) is 43.2 Å². The van der Waals surface area contributed by atoms with Crippen LogP contribution in [0.5, 0.6) is 0 Å². The molecule has 62 heavy (non-hydrogen) atoms. The Morgan fingerprint density at radius 1 is 0.790 bits per heavy atom. The van der Waals surface area contributed by atoms with Crippen molar-refractivity contribution in [3.8, 4) is 0 Å². The third-order valence-corrected chi connectivity index (χ3v) is 9.83. The average Bonchev–Trinajstić information content (AvgIpc) is 3.94. The summed E-state index contributed by atoms with van der Waals surface area (Å²) >= 11 is 0. The van der Waals surface area contributed by atoms with Gasteiger partial charge in [0.25, 0.3) is 0 Å². The fourth-order valence-electron chi connectivity index (χ4n) is 6.89. The Hall–Kier alpha value is -7.02. The first kappa shape index (κ1) is 44.5. The summed E-state index contributed by atoms with van der Waals surface area (Å²) in [6.07, 6.45) is 8.60. The molecule has 7 N–H and O–H groups in total. The number of pyridine rings is 2. The summed E-state index contributed by atoms with van der Waals surface area (Å²) in [6, 6.07) is 12.4. The fraction of sp³-hybridized carbons (Fsp3) is 0.349. The van der Waals surface area contributed by atoms with Gasteiger partial charge in [-0.2, -0.15) is 10.2 Å². The van der Waals surface area contributed by atoms with E-state index in [1.807, 2.05) is 27.7 Å². The quantitative estimate of drug-likeness (QED) is 0.0981. The number of fused-ring (bicyclic) bond motifs is 2. The van der Waals surface area contributed by atoms with Crippen molar-refractivity contribution < 1.29 is 32.7 Å². The van der Waals surface area contributed by atoms with E-state index in [0.717, 1.165) is 19.3 Å². The number of aromatic nitrogens is 6. The van der Waals surface area contributed by atoms with Crippen molar-refractivity contribution in [2.45, 2.75) is 66.3 Å². The van der Waals surface area contributed by atoms with E-state index in [2.05, 4.69) is 35.9 Å². The lowest BCUT2D eigenvalue weighted by Gasteiger charge is -2.24. The van der Waals surface area contributed by atoms with Gasteiger partial charge in [0, 0.05) is 50.1 Å². The van der Waals surface area contributed by atoms with Crippen molar-refractivity contribution in [1.82, 2.24) is 39.7 Å². The molecule has 0 spiro atoms. The second-order valence-corrected chi connectivity index (χ2v) is 15.7. The molecule has 1 atom stereocenters. The molecular weight excluding hydrogens is 803 g/mol. The molecule has 7 rings (SSSR count). The largest absolute Gasteiger partial charge is 0.383 e. The van der Waals surface area contributed by atoms with Gasteiger partial charge < -0.3 is 36.6 Å².